The Kier molecular flexibility index (Phi) is 5.70. The molecular formula is C16H19BrClNO. The molecule has 20 heavy (non-hydrogen) atoms. The van der Waals surface area contributed by atoms with E-state index in [1.807, 2.05) is 30.3 Å². The lowest BCUT2D eigenvalue weighted by Gasteiger charge is -2.11. The van der Waals surface area contributed by atoms with E-state index in [1.165, 1.54) is 0 Å². The highest BCUT2D eigenvalue weighted by Crippen LogP contribution is 2.32. The van der Waals surface area contributed by atoms with Crippen molar-refractivity contribution in [2.45, 2.75) is 32.7 Å². The van der Waals surface area contributed by atoms with E-state index >= 15 is 0 Å². The van der Waals surface area contributed by atoms with Crippen molar-refractivity contribution in [2.24, 2.45) is 0 Å². The number of rotatable bonds is 6. The minimum atomic E-state index is 0.419. The highest BCUT2D eigenvalue weighted by Gasteiger charge is 2.11. The highest BCUT2D eigenvalue weighted by molar-refractivity contribution is 9.10. The molecule has 0 aliphatic rings. The lowest BCUT2D eigenvalue weighted by Crippen LogP contribution is -2.28. The lowest BCUT2D eigenvalue weighted by atomic mass is 10.2. The molecule has 0 aliphatic carbocycles. The molecule has 0 saturated heterocycles. The smallest absolute Gasteiger partial charge is 0.135 e. The van der Waals surface area contributed by atoms with Gasteiger partial charge in [0, 0.05) is 27.5 Å². The third-order valence-electron chi connectivity index (χ3n) is 3.11. The molecular weight excluding hydrogens is 338 g/mol. The zero-order valence-electron chi connectivity index (χ0n) is 11.7. The van der Waals surface area contributed by atoms with Crippen LogP contribution in [0.2, 0.25) is 5.02 Å². The van der Waals surface area contributed by atoms with Gasteiger partial charge in [0.25, 0.3) is 0 Å². The maximum absolute atomic E-state index is 5.96. The van der Waals surface area contributed by atoms with E-state index < -0.39 is 0 Å². The normalized spacial score (nSPS) is 12.6. The van der Waals surface area contributed by atoms with E-state index in [4.69, 9.17) is 16.0 Å². The summed E-state index contributed by atoms with van der Waals surface area (Å²) in [5, 5.41) is 4.17. The van der Waals surface area contributed by atoms with Gasteiger partial charge < -0.3 is 9.73 Å². The fraction of sp³-hybridized carbons (Fsp3) is 0.375. The van der Waals surface area contributed by atoms with Crippen LogP contribution in [0.3, 0.4) is 0 Å². The van der Waals surface area contributed by atoms with Crippen LogP contribution in [0, 0.1) is 0 Å². The fourth-order valence-corrected chi connectivity index (χ4v) is 2.96. The maximum atomic E-state index is 5.96. The van der Waals surface area contributed by atoms with Crippen LogP contribution in [-0.2, 0) is 6.42 Å². The molecule has 1 unspecified atom stereocenters. The van der Waals surface area contributed by atoms with Crippen molar-refractivity contribution in [3.05, 3.63) is 45.6 Å². The Balaban J connectivity index is 2.08. The van der Waals surface area contributed by atoms with Crippen molar-refractivity contribution in [3.63, 3.8) is 0 Å². The van der Waals surface area contributed by atoms with Crippen LogP contribution in [-0.4, -0.2) is 12.6 Å². The Morgan fingerprint density at radius 3 is 2.80 bits per heavy atom. The molecule has 1 N–H and O–H groups in total. The fourth-order valence-electron chi connectivity index (χ4n) is 2.09. The predicted molar refractivity (Wildman–Crippen MR) is 88.3 cm³/mol. The average Bonchev–Trinajstić information content (AvgIpc) is 2.84. The van der Waals surface area contributed by atoms with Crippen molar-refractivity contribution in [3.8, 4) is 11.3 Å². The van der Waals surface area contributed by atoms with Gasteiger partial charge in [0.15, 0.2) is 0 Å². The first-order valence-corrected chi connectivity index (χ1v) is 8.04. The second-order valence-electron chi connectivity index (χ2n) is 4.95. The zero-order valence-corrected chi connectivity index (χ0v) is 14.1. The van der Waals surface area contributed by atoms with Crippen LogP contribution in [0.5, 0.6) is 0 Å². The minimum Gasteiger partial charge on any atom is -0.461 e. The van der Waals surface area contributed by atoms with Gasteiger partial charge in [-0.15, -0.1) is 0 Å². The Morgan fingerprint density at radius 1 is 1.30 bits per heavy atom. The number of hydrogen-bond donors (Lipinski definition) is 1. The number of nitrogens with one attached hydrogen (secondary N) is 1. The molecule has 0 bridgehead atoms. The first-order valence-electron chi connectivity index (χ1n) is 6.87. The van der Waals surface area contributed by atoms with E-state index in [9.17, 15) is 0 Å². The summed E-state index contributed by atoms with van der Waals surface area (Å²) < 4.78 is 6.88. The second kappa shape index (κ2) is 7.30. The van der Waals surface area contributed by atoms with Crippen LogP contribution in [0.1, 0.15) is 26.0 Å². The van der Waals surface area contributed by atoms with Crippen molar-refractivity contribution in [1.82, 2.24) is 5.32 Å². The number of halogens is 2. The Hall–Kier alpha value is -0.770. The van der Waals surface area contributed by atoms with Crippen molar-refractivity contribution in [2.75, 3.05) is 6.54 Å². The molecule has 0 aliphatic heterocycles. The molecule has 1 aromatic carbocycles. The second-order valence-corrected chi connectivity index (χ2v) is 6.24. The maximum Gasteiger partial charge on any atom is 0.135 e. The van der Waals surface area contributed by atoms with Crippen LogP contribution in [0.25, 0.3) is 11.3 Å². The highest BCUT2D eigenvalue weighted by atomic mass is 79.9. The molecule has 0 amide bonds. The average molecular weight is 357 g/mol. The minimum absolute atomic E-state index is 0.419. The lowest BCUT2D eigenvalue weighted by molar-refractivity contribution is 0.464. The van der Waals surface area contributed by atoms with Gasteiger partial charge in [-0.05, 0) is 66.2 Å². The predicted octanol–water partition coefficient (Wildman–Crippen LogP) is 5.29. The van der Waals surface area contributed by atoms with E-state index in [0.717, 1.165) is 40.9 Å². The summed E-state index contributed by atoms with van der Waals surface area (Å²) in [5.41, 5.74) is 1.02. The molecule has 0 fully saturated rings. The quantitative estimate of drug-likeness (QED) is 0.760. The van der Waals surface area contributed by atoms with Gasteiger partial charge in [0.1, 0.15) is 11.5 Å². The van der Waals surface area contributed by atoms with Crippen LogP contribution >= 0.6 is 27.5 Å². The van der Waals surface area contributed by atoms with Crippen LogP contribution in [0.15, 0.2) is 39.2 Å². The summed E-state index contributed by atoms with van der Waals surface area (Å²) in [6.45, 7) is 5.39. The zero-order chi connectivity index (χ0) is 14.5. The molecule has 0 spiro atoms. The number of furan rings is 1. The van der Waals surface area contributed by atoms with Crippen LogP contribution in [0.4, 0.5) is 0 Å². The first-order chi connectivity index (χ1) is 9.60. The molecule has 1 aromatic heterocycles. The topological polar surface area (TPSA) is 25.2 Å². The van der Waals surface area contributed by atoms with Crippen molar-refractivity contribution >= 4 is 27.5 Å². The summed E-state index contributed by atoms with van der Waals surface area (Å²) in [7, 11) is 0. The van der Waals surface area contributed by atoms with Gasteiger partial charge in [-0.3, -0.25) is 0 Å². The number of hydrogen-bond acceptors (Lipinski definition) is 2. The molecule has 1 heterocycles. The third kappa shape index (κ3) is 4.11. The van der Waals surface area contributed by atoms with Crippen LogP contribution < -0.4 is 5.32 Å². The molecule has 0 saturated carbocycles. The first kappa shape index (κ1) is 15.6. The van der Waals surface area contributed by atoms with Gasteiger partial charge in [-0.25, -0.2) is 0 Å². The molecule has 2 aromatic rings. The van der Waals surface area contributed by atoms with Gasteiger partial charge in [0.05, 0.1) is 0 Å². The summed E-state index contributed by atoms with van der Waals surface area (Å²) in [5.74, 6) is 1.86. The van der Waals surface area contributed by atoms with E-state index in [2.05, 4.69) is 35.1 Å². The summed E-state index contributed by atoms with van der Waals surface area (Å²) in [6, 6.07) is 10.2. The summed E-state index contributed by atoms with van der Waals surface area (Å²) >= 11 is 9.48. The summed E-state index contributed by atoms with van der Waals surface area (Å²) in [6.07, 6.45) is 2.04. The standard InChI is InChI=1S/C16H19BrClNO/c1-3-8-19-11(2)9-13-5-7-16(20-13)14-6-4-12(18)10-15(14)17/h4-7,10-11,19H,3,8-9H2,1-2H3. The Morgan fingerprint density at radius 2 is 2.10 bits per heavy atom. The van der Waals surface area contributed by atoms with Crippen molar-refractivity contribution in [1.29, 1.82) is 0 Å². The Labute approximate surface area is 133 Å². The van der Waals surface area contributed by atoms with Gasteiger partial charge in [-0.2, -0.15) is 0 Å². The number of benzene rings is 1. The van der Waals surface area contributed by atoms with E-state index in [1.54, 1.807) is 0 Å². The van der Waals surface area contributed by atoms with Crippen molar-refractivity contribution < 1.29 is 4.42 Å². The molecule has 4 heteroatoms. The van der Waals surface area contributed by atoms with E-state index in [-0.39, 0.29) is 0 Å². The largest absolute Gasteiger partial charge is 0.461 e. The summed E-state index contributed by atoms with van der Waals surface area (Å²) in [4.78, 5) is 0. The van der Waals surface area contributed by atoms with Gasteiger partial charge in [-0.1, -0.05) is 18.5 Å². The molecule has 1 atom stereocenters. The Bertz CT molecular complexity index is 567. The third-order valence-corrected chi connectivity index (χ3v) is 4.00. The van der Waals surface area contributed by atoms with E-state index in [0.29, 0.717) is 11.1 Å². The van der Waals surface area contributed by atoms with Gasteiger partial charge >= 0.3 is 0 Å². The molecule has 108 valence electrons. The molecule has 2 rings (SSSR count). The molecule has 2 nitrogen and oxygen atoms in total. The molecule has 0 radical (unpaired) electrons. The SMILES string of the molecule is CCCNC(C)Cc1ccc(-c2ccc(Cl)cc2Br)o1. The monoisotopic (exact) mass is 355 g/mol. The van der Waals surface area contributed by atoms with Gasteiger partial charge in [0.2, 0.25) is 0 Å².